The molecule has 3 atom stereocenters. The highest BCUT2D eigenvalue weighted by atomic mass is 16.5. The second kappa shape index (κ2) is 7.63. The summed E-state index contributed by atoms with van der Waals surface area (Å²) in [6.07, 6.45) is 12.2. The number of hydrogen-bond donors (Lipinski definition) is 1. The van der Waals surface area contributed by atoms with Crippen LogP contribution < -0.4 is 5.73 Å². The number of rotatable bonds is 5. The Balaban J connectivity index is 1.62. The van der Waals surface area contributed by atoms with E-state index in [9.17, 15) is 0 Å². The second-order valence-electron chi connectivity index (χ2n) is 9.11. The van der Waals surface area contributed by atoms with Crippen LogP contribution in [0.3, 0.4) is 0 Å². The van der Waals surface area contributed by atoms with E-state index in [0.29, 0.717) is 12.1 Å². The molecule has 0 spiro atoms. The monoisotopic (exact) mass is 335 g/mol. The molecule has 4 nitrogen and oxygen atoms in total. The normalized spacial score (nSPS) is 38.4. The highest BCUT2D eigenvalue weighted by molar-refractivity contribution is 5.80. The lowest BCUT2D eigenvalue weighted by molar-refractivity contribution is -0.0263. The van der Waals surface area contributed by atoms with Gasteiger partial charge in [-0.2, -0.15) is 0 Å². The van der Waals surface area contributed by atoms with Crippen LogP contribution in [-0.4, -0.2) is 42.7 Å². The number of aliphatic imine (C=N–C) groups is 1. The lowest BCUT2D eigenvalue weighted by Gasteiger charge is -2.36. The van der Waals surface area contributed by atoms with Crippen LogP contribution in [0.1, 0.15) is 71.6 Å². The van der Waals surface area contributed by atoms with Gasteiger partial charge in [-0.25, -0.2) is 4.99 Å². The van der Waals surface area contributed by atoms with Crippen LogP contribution in [0.5, 0.6) is 0 Å². The van der Waals surface area contributed by atoms with E-state index in [1.54, 1.807) is 0 Å². The number of hydrogen-bond acceptors (Lipinski definition) is 4. The molecule has 0 aromatic rings. The molecule has 3 aliphatic rings. The standard InChI is InChI=1S/C20H37N3O/c1-15-9-16(2)11-18(10-15)24-14-20(13-23(3)19(21)22-20)12-17-7-5-4-6-8-17/h15-18H,4-14H2,1-3H3,(H2,21,22). The van der Waals surface area contributed by atoms with E-state index in [0.717, 1.165) is 37.3 Å². The summed E-state index contributed by atoms with van der Waals surface area (Å²) in [6.45, 7) is 6.40. The summed E-state index contributed by atoms with van der Waals surface area (Å²) in [4.78, 5) is 7.02. The SMILES string of the molecule is CC1CC(C)CC(OCC2(CC3CCCCC3)CN(C)C(N)=N2)C1. The lowest BCUT2D eigenvalue weighted by Crippen LogP contribution is -2.42. The quantitative estimate of drug-likeness (QED) is 0.831. The van der Waals surface area contributed by atoms with E-state index in [4.69, 9.17) is 15.5 Å². The Morgan fingerprint density at radius 3 is 2.38 bits per heavy atom. The molecule has 138 valence electrons. The van der Waals surface area contributed by atoms with Gasteiger partial charge >= 0.3 is 0 Å². The Hall–Kier alpha value is -0.770. The number of ether oxygens (including phenoxy) is 1. The lowest BCUT2D eigenvalue weighted by atomic mass is 9.79. The first-order chi connectivity index (χ1) is 11.5. The molecule has 1 heterocycles. The predicted octanol–water partition coefficient (Wildman–Crippen LogP) is 3.80. The summed E-state index contributed by atoms with van der Waals surface area (Å²) in [5, 5.41) is 0. The van der Waals surface area contributed by atoms with E-state index >= 15 is 0 Å². The highest BCUT2D eigenvalue weighted by Crippen LogP contribution is 2.36. The van der Waals surface area contributed by atoms with Crippen LogP contribution in [0.25, 0.3) is 0 Å². The van der Waals surface area contributed by atoms with Crippen molar-refractivity contribution in [2.45, 2.75) is 83.3 Å². The average molecular weight is 336 g/mol. The van der Waals surface area contributed by atoms with Gasteiger partial charge in [0.15, 0.2) is 5.96 Å². The summed E-state index contributed by atoms with van der Waals surface area (Å²) in [5.74, 6) is 3.06. The first kappa shape index (κ1) is 18.0. The molecule has 2 fully saturated rings. The fraction of sp³-hybridized carbons (Fsp3) is 0.950. The first-order valence-electron chi connectivity index (χ1n) is 10.1. The van der Waals surface area contributed by atoms with Crippen LogP contribution in [0.4, 0.5) is 0 Å². The maximum Gasteiger partial charge on any atom is 0.191 e. The van der Waals surface area contributed by atoms with Gasteiger partial charge in [0.2, 0.25) is 0 Å². The Kier molecular flexibility index (Phi) is 5.74. The van der Waals surface area contributed by atoms with Crippen LogP contribution in [-0.2, 0) is 4.74 Å². The number of nitrogens with zero attached hydrogens (tertiary/aromatic N) is 2. The van der Waals surface area contributed by atoms with Crippen molar-refractivity contribution in [2.75, 3.05) is 20.2 Å². The van der Waals surface area contributed by atoms with Crippen molar-refractivity contribution in [1.29, 1.82) is 0 Å². The van der Waals surface area contributed by atoms with Crippen molar-refractivity contribution >= 4 is 5.96 Å². The van der Waals surface area contributed by atoms with Crippen molar-refractivity contribution in [1.82, 2.24) is 4.90 Å². The van der Waals surface area contributed by atoms with E-state index in [-0.39, 0.29) is 5.54 Å². The Morgan fingerprint density at radius 2 is 1.79 bits per heavy atom. The molecule has 0 saturated heterocycles. The second-order valence-corrected chi connectivity index (χ2v) is 9.11. The van der Waals surface area contributed by atoms with Crippen molar-refractivity contribution in [2.24, 2.45) is 28.5 Å². The first-order valence-corrected chi connectivity index (χ1v) is 10.1. The third-order valence-corrected chi connectivity index (χ3v) is 6.39. The maximum atomic E-state index is 6.46. The van der Waals surface area contributed by atoms with Gasteiger partial charge in [0.05, 0.1) is 12.7 Å². The molecule has 0 amide bonds. The predicted molar refractivity (Wildman–Crippen MR) is 100 cm³/mol. The molecule has 2 aliphatic carbocycles. The van der Waals surface area contributed by atoms with Crippen LogP contribution >= 0.6 is 0 Å². The average Bonchev–Trinajstić information content (AvgIpc) is 2.80. The van der Waals surface area contributed by atoms with Crippen molar-refractivity contribution in [3.8, 4) is 0 Å². The summed E-state index contributed by atoms with van der Waals surface area (Å²) in [7, 11) is 2.06. The Morgan fingerprint density at radius 1 is 1.12 bits per heavy atom. The van der Waals surface area contributed by atoms with Gasteiger partial charge in [-0.1, -0.05) is 46.0 Å². The zero-order valence-electron chi connectivity index (χ0n) is 16.0. The molecule has 1 aliphatic heterocycles. The van der Waals surface area contributed by atoms with Crippen LogP contribution in [0, 0.1) is 17.8 Å². The van der Waals surface area contributed by atoms with Gasteiger partial charge in [0, 0.05) is 13.6 Å². The van der Waals surface area contributed by atoms with E-state index < -0.39 is 0 Å². The topological polar surface area (TPSA) is 50.9 Å². The van der Waals surface area contributed by atoms with Crippen molar-refractivity contribution < 1.29 is 4.74 Å². The molecule has 3 rings (SSSR count). The molecule has 0 aromatic carbocycles. The van der Waals surface area contributed by atoms with E-state index in [1.807, 2.05) is 0 Å². The molecule has 4 heteroatoms. The molecular formula is C20H37N3O. The van der Waals surface area contributed by atoms with Gasteiger partial charge in [-0.15, -0.1) is 0 Å². The molecular weight excluding hydrogens is 298 g/mol. The summed E-state index contributed by atoms with van der Waals surface area (Å²) in [5.41, 5.74) is 6.03. The Bertz CT molecular complexity index is 436. The Labute approximate surface area is 148 Å². The van der Waals surface area contributed by atoms with Gasteiger partial charge in [0.1, 0.15) is 5.54 Å². The van der Waals surface area contributed by atoms with E-state index in [1.165, 1.54) is 51.4 Å². The minimum Gasteiger partial charge on any atom is -0.376 e. The molecule has 2 N–H and O–H groups in total. The van der Waals surface area contributed by atoms with Gasteiger partial charge in [0.25, 0.3) is 0 Å². The van der Waals surface area contributed by atoms with Gasteiger partial charge < -0.3 is 15.4 Å². The zero-order chi connectivity index (χ0) is 17.2. The van der Waals surface area contributed by atoms with Gasteiger partial charge in [-0.05, 0) is 43.4 Å². The molecule has 0 aromatic heterocycles. The van der Waals surface area contributed by atoms with E-state index in [2.05, 4.69) is 25.8 Å². The number of guanidine groups is 1. The third-order valence-electron chi connectivity index (χ3n) is 6.39. The van der Waals surface area contributed by atoms with Gasteiger partial charge in [-0.3, -0.25) is 0 Å². The number of likely N-dealkylation sites (N-methyl/N-ethyl adjacent to an activating group) is 1. The maximum absolute atomic E-state index is 6.46. The molecule has 2 saturated carbocycles. The summed E-state index contributed by atoms with van der Waals surface area (Å²) >= 11 is 0. The summed E-state index contributed by atoms with van der Waals surface area (Å²) in [6, 6.07) is 0. The van der Waals surface area contributed by atoms with Crippen LogP contribution in [0.15, 0.2) is 4.99 Å². The fourth-order valence-corrected chi connectivity index (χ4v) is 5.34. The summed E-state index contributed by atoms with van der Waals surface area (Å²) < 4.78 is 6.46. The van der Waals surface area contributed by atoms with Crippen molar-refractivity contribution in [3.63, 3.8) is 0 Å². The zero-order valence-corrected chi connectivity index (χ0v) is 16.0. The van der Waals surface area contributed by atoms with Crippen LogP contribution in [0.2, 0.25) is 0 Å². The van der Waals surface area contributed by atoms with Crippen molar-refractivity contribution in [3.05, 3.63) is 0 Å². The highest BCUT2D eigenvalue weighted by Gasteiger charge is 2.40. The molecule has 24 heavy (non-hydrogen) atoms. The largest absolute Gasteiger partial charge is 0.376 e. The fourth-order valence-electron chi connectivity index (χ4n) is 5.34. The molecule has 0 radical (unpaired) electrons. The minimum absolute atomic E-state index is 0.106. The molecule has 0 bridgehead atoms. The smallest absolute Gasteiger partial charge is 0.191 e. The minimum atomic E-state index is -0.106. The molecule has 3 unspecified atom stereocenters. The third kappa shape index (κ3) is 4.44. The number of nitrogens with two attached hydrogens (primary N) is 1.